The average Bonchev–Trinajstić information content (AvgIpc) is 2.88. The lowest BCUT2D eigenvalue weighted by Crippen LogP contribution is -2.20. The molecule has 0 amide bonds. The van der Waals surface area contributed by atoms with E-state index in [4.69, 9.17) is 10.7 Å². The van der Waals surface area contributed by atoms with Crippen molar-refractivity contribution in [2.75, 3.05) is 6.61 Å². The summed E-state index contributed by atoms with van der Waals surface area (Å²) in [5.41, 5.74) is 3.89. The van der Waals surface area contributed by atoms with Crippen molar-refractivity contribution < 1.29 is 4.84 Å². The maximum Gasteiger partial charge on any atom is 0.0777 e. The largest absolute Gasteiger partial charge is 0.304 e. The van der Waals surface area contributed by atoms with E-state index in [2.05, 4.69) is 37.5 Å². The SMILES string of the molecule is Cc1nn(C(C)C)c(C)c1C1(CON)CC1. The van der Waals surface area contributed by atoms with Crippen molar-refractivity contribution in [2.24, 2.45) is 5.90 Å². The molecule has 90 valence electrons. The Balaban J connectivity index is 2.41. The summed E-state index contributed by atoms with van der Waals surface area (Å²) in [5, 5.41) is 4.62. The van der Waals surface area contributed by atoms with Crippen LogP contribution < -0.4 is 5.90 Å². The highest BCUT2D eigenvalue weighted by Crippen LogP contribution is 2.50. The van der Waals surface area contributed by atoms with Crippen LogP contribution >= 0.6 is 0 Å². The monoisotopic (exact) mass is 223 g/mol. The highest BCUT2D eigenvalue weighted by molar-refractivity contribution is 5.38. The van der Waals surface area contributed by atoms with Crippen LogP contribution in [0.15, 0.2) is 0 Å². The Morgan fingerprint density at radius 1 is 1.44 bits per heavy atom. The summed E-state index contributed by atoms with van der Waals surface area (Å²) in [5.74, 6) is 5.23. The molecule has 1 aliphatic carbocycles. The fourth-order valence-corrected chi connectivity index (χ4v) is 2.71. The molecule has 1 aliphatic rings. The van der Waals surface area contributed by atoms with E-state index in [0.29, 0.717) is 12.6 Å². The van der Waals surface area contributed by atoms with Gasteiger partial charge in [-0.15, -0.1) is 0 Å². The Hall–Kier alpha value is -0.870. The van der Waals surface area contributed by atoms with Gasteiger partial charge < -0.3 is 4.84 Å². The molecule has 4 heteroatoms. The fourth-order valence-electron chi connectivity index (χ4n) is 2.71. The zero-order chi connectivity index (χ0) is 11.9. The molecule has 16 heavy (non-hydrogen) atoms. The van der Waals surface area contributed by atoms with Gasteiger partial charge in [-0.2, -0.15) is 5.10 Å². The summed E-state index contributed by atoms with van der Waals surface area (Å²) < 4.78 is 2.10. The number of hydrogen-bond acceptors (Lipinski definition) is 3. The Kier molecular flexibility index (Phi) is 2.80. The van der Waals surface area contributed by atoms with Crippen molar-refractivity contribution in [1.82, 2.24) is 9.78 Å². The highest BCUT2D eigenvalue weighted by Gasteiger charge is 2.48. The van der Waals surface area contributed by atoms with E-state index in [1.165, 1.54) is 11.3 Å². The van der Waals surface area contributed by atoms with Gasteiger partial charge in [-0.25, -0.2) is 5.90 Å². The van der Waals surface area contributed by atoms with E-state index >= 15 is 0 Å². The number of hydrogen-bond donors (Lipinski definition) is 1. The molecule has 0 unspecified atom stereocenters. The van der Waals surface area contributed by atoms with Crippen LogP contribution in [0.3, 0.4) is 0 Å². The van der Waals surface area contributed by atoms with Gasteiger partial charge in [0.25, 0.3) is 0 Å². The van der Waals surface area contributed by atoms with Crippen molar-refractivity contribution in [3.05, 3.63) is 17.0 Å². The van der Waals surface area contributed by atoms with Gasteiger partial charge in [0.15, 0.2) is 0 Å². The molecule has 1 aromatic heterocycles. The molecule has 1 aromatic rings. The lowest BCUT2D eigenvalue weighted by Gasteiger charge is -2.15. The molecule has 0 aromatic carbocycles. The number of aryl methyl sites for hydroxylation is 1. The minimum absolute atomic E-state index is 0.149. The van der Waals surface area contributed by atoms with Gasteiger partial charge in [-0.3, -0.25) is 4.68 Å². The minimum atomic E-state index is 0.149. The van der Waals surface area contributed by atoms with E-state index in [-0.39, 0.29) is 5.41 Å². The molecule has 4 nitrogen and oxygen atoms in total. The van der Waals surface area contributed by atoms with Crippen LogP contribution in [0, 0.1) is 13.8 Å². The summed E-state index contributed by atoms with van der Waals surface area (Å²) in [6.07, 6.45) is 2.32. The number of aromatic nitrogens is 2. The molecule has 0 bridgehead atoms. The van der Waals surface area contributed by atoms with Crippen molar-refractivity contribution in [1.29, 1.82) is 0 Å². The Labute approximate surface area is 96.7 Å². The molecule has 0 saturated heterocycles. The molecule has 0 spiro atoms. The number of nitrogens with zero attached hydrogens (tertiary/aromatic N) is 2. The minimum Gasteiger partial charge on any atom is -0.304 e. The third-order valence-electron chi connectivity index (χ3n) is 3.56. The molecular formula is C12H21N3O. The smallest absolute Gasteiger partial charge is 0.0777 e. The first-order valence-electron chi connectivity index (χ1n) is 5.90. The predicted octanol–water partition coefficient (Wildman–Crippen LogP) is 2.00. The topological polar surface area (TPSA) is 53.1 Å². The third kappa shape index (κ3) is 1.66. The first kappa shape index (κ1) is 11.6. The van der Waals surface area contributed by atoms with Crippen molar-refractivity contribution in [3.63, 3.8) is 0 Å². The summed E-state index contributed by atoms with van der Waals surface area (Å²) in [6.45, 7) is 9.15. The Bertz CT molecular complexity index is 391. The maximum atomic E-state index is 5.23. The second-order valence-electron chi connectivity index (χ2n) is 5.18. The molecule has 0 atom stereocenters. The Morgan fingerprint density at radius 2 is 2.06 bits per heavy atom. The zero-order valence-electron chi connectivity index (χ0n) is 10.6. The summed E-state index contributed by atoms with van der Waals surface area (Å²) in [4.78, 5) is 4.87. The van der Waals surface area contributed by atoms with Gasteiger partial charge >= 0.3 is 0 Å². The van der Waals surface area contributed by atoms with Crippen molar-refractivity contribution >= 4 is 0 Å². The van der Waals surface area contributed by atoms with Gasteiger partial charge in [0.2, 0.25) is 0 Å². The van der Waals surface area contributed by atoms with Gasteiger partial charge in [0, 0.05) is 22.7 Å². The van der Waals surface area contributed by atoms with Crippen LogP contribution in [-0.2, 0) is 10.3 Å². The van der Waals surface area contributed by atoms with Gasteiger partial charge in [-0.1, -0.05) is 0 Å². The maximum absolute atomic E-state index is 5.23. The molecule has 2 rings (SSSR count). The quantitative estimate of drug-likeness (QED) is 0.794. The second-order valence-corrected chi connectivity index (χ2v) is 5.18. The molecule has 1 saturated carbocycles. The third-order valence-corrected chi connectivity index (χ3v) is 3.56. The molecular weight excluding hydrogens is 202 g/mol. The summed E-state index contributed by atoms with van der Waals surface area (Å²) >= 11 is 0. The van der Waals surface area contributed by atoms with Crippen LogP contribution in [0.2, 0.25) is 0 Å². The van der Waals surface area contributed by atoms with E-state index in [1.807, 2.05) is 0 Å². The van der Waals surface area contributed by atoms with Crippen LogP contribution in [0.5, 0.6) is 0 Å². The van der Waals surface area contributed by atoms with Gasteiger partial charge in [-0.05, 0) is 40.5 Å². The van der Waals surface area contributed by atoms with Crippen LogP contribution in [0.1, 0.15) is 49.7 Å². The summed E-state index contributed by atoms with van der Waals surface area (Å²) in [6, 6.07) is 0.405. The highest BCUT2D eigenvalue weighted by atomic mass is 16.6. The number of rotatable bonds is 4. The van der Waals surface area contributed by atoms with E-state index in [0.717, 1.165) is 18.5 Å². The number of nitrogens with two attached hydrogens (primary N) is 1. The normalized spacial score (nSPS) is 18.1. The van der Waals surface area contributed by atoms with Gasteiger partial charge in [0.05, 0.1) is 12.3 Å². The predicted molar refractivity (Wildman–Crippen MR) is 63.1 cm³/mol. The molecule has 1 heterocycles. The standard InChI is InChI=1S/C12H21N3O/c1-8(2)15-10(4)11(9(3)14-15)12(5-6-12)7-16-13/h8H,5-7,13H2,1-4H3. The van der Waals surface area contributed by atoms with Gasteiger partial charge in [0.1, 0.15) is 0 Å². The lowest BCUT2D eigenvalue weighted by molar-refractivity contribution is 0.115. The van der Waals surface area contributed by atoms with E-state index < -0.39 is 0 Å². The van der Waals surface area contributed by atoms with E-state index in [1.54, 1.807) is 0 Å². The van der Waals surface area contributed by atoms with Crippen LogP contribution in [0.25, 0.3) is 0 Å². The van der Waals surface area contributed by atoms with Crippen molar-refractivity contribution in [2.45, 2.75) is 52.0 Å². The molecule has 0 aliphatic heterocycles. The lowest BCUT2D eigenvalue weighted by atomic mass is 9.95. The summed E-state index contributed by atoms with van der Waals surface area (Å²) in [7, 11) is 0. The molecule has 0 radical (unpaired) electrons. The zero-order valence-corrected chi connectivity index (χ0v) is 10.6. The van der Waals surface area contributed by atoms with Crippen LogP contribution in [-0.4, -0.2) is 16.4 Å². The van der Waals surface area contributed by atoms with E-state index in [9.17, 15) is 0 Å². The Morgan fingerprint density at radius 3 is 2.44 bits per heavy atom. The molecule has 2 N–H and O–H groups in total. The molecule has 1 fully saturated rings. The average molecular weight is 223 g/mol. The first-order chi connectivity index (χ1) is 7.52. The van der Waals surface area contributed by atoms with Crippen molar-refractivity contribution in [3.8, 4) is 0 Å². The first-order valence-corrected chi connectivity index (χ1v) is 5.90. The second kappa shape index (κ2) is 3.86. The van der Waals surface area contributed by atoms with Crippen LogP contribution in [0.4, 0.5) is 0 Å². The fraction of sp³-hybridized carbons (Fsp3) is 0.750.